The van der Waals surface area contributed by atoms with Crippen molar-refractivity contribution >= 4 is 49.1 Å². The Balaban J connectivity index is 1.51. The van der Waals surface area contributed by atoms with Crippen LogP contribution in [0.25, 0.3) is 21.8 Å². The van der Waals surface area contributed by atoms with Gasteiger partial charge in [0.15, 0.2) is 0 Å². The summed E-state index contributed by atoms with van der Waals surface area (Å²) < 4.78 is 31.0. The molecule has 1 heterocycles. The van der Waals surface area contributed by atoms with E-state index in [4.69, 9.17) is 0 Å². The summed E-state index contributed by atoms with van der Waals surface area (Å²) >= 11 is 0. The van der Waals surface area contributed by atoms with Crippen molar-refractivity contribution in [1.82, 2.24) is 4.57 Å². The number of para-hydroxylation sites is 1. The minimum atomic E-state index is -3.99. The van der Waals surface area contributed by atoms with Crippen LogP contribution in [0.1, 0.15) is 23.6 Å². The van der Waals surface area contributed by atoms with Gasteiger partial charge in [-0.25, -0.2) is 8.42 Å². The maximum absolute atomic E-state index is 13.8. The van der Waals surface area contributed by atoms with Crippen LogP contribution in [0.2, 0.25) is 0 Å². The molecule has 0 bridgehead atoms. The summed E-state index contributed by atoms with van der Waals surface area (Å²) in [6, 6.07) is 26.2. The molecule has 1 N–H and O–H groups in total. The SMILES string of the molecule is CCn1c2ccccc2c2cc(NC(=O)CN(c3cccc(C)c3C)S(=O)(=O)c3ccc(C)cc3)ccc21. The molecule has 0 fully saturated rings. The first-order valence-corrected chi connectivity index (χ1v) is 14.1. The third-order valence-corrected chi connectivity index (χ3v) is 8.89. The van der Waals surface area contributed by atoms with E-state index >= 15 is 0 Å². The highest BCUT2D eigenvalue weighted by Gasteiger charge is 2.28. The predicted octanol–water partition coefficient (Wildman–Crippen LogP) is 6.57. The number of hydrogen-bond acceptors (Lipinski definition) is 3. The molecule has 7 heteroatoms. The number of nitrogens with zero attached hydrogens (tertiary/aromatic N) is 2. The highest BCUT2D eigenvalue weighted by molar-refractivity contribution is 7.92. The Hall–Kier alpha value is -4.10. The molecule has 194 valence electrons. The predicted molar refractivity (Wildman–Crippen MR) is 155 cm³/mol. The van der Waals surface area contributed by atoms with Crippen molar-refractivity contribution in [2.45, 2.75) is 39.1 Å². The van der Waals surface area contributed by atoms with Gasteiger partial charge in [-0.15, -0.1) is 0 Å². The van der Waals surface area contributed by atoms with E-state index < -0.39 is 15.9 Å². The van der Waals surface area contributed by atoms with Gasteiger partial charge in [0.05, 0.1) is 10.6 Å². The van der Waals surface area contributed by atoms with Crippen LogP contribution in [-0.2, 0) is 21.4 Å². The van der Waals surface area contributed by atoms with Crippen molar-refractivity contribution in [3.63, 3.8) is 0 Å². The summed E-state index contributed by atoms with van der Waals surface area (Å²) in [5, 5.41) is 5.09. The van der Waals surface area contributed by atoms with E-state index in [0.717, 1.165) is 45.0 Å². The zero-order chi connectivity index (χ0) is 27.0. The maximum Gasteiger partial charge on any atom is 0.264 e. The largest absolute Gasteiger partial charge is 0.341 e. The molecule has 5 rings (SSSR count). The van der Waals surface area contributed by atoms with Crippen LogP contribution in [0, 0.1) is 20.8 Å². The molecule has 0 aliphatic rings. The topological polar surface area (TPSA) is 71.4 Å². The van der Waals surface area contributed by atoms with Crippen molar-refractivity contribution in [1.29, 1.82) is 0 Å². The lowest BCUT2D eigenvalue weighted by atomic mass is 10.1. The van der Waals surface area contributed by atoms with Crippen LogP contribution < -0.4 is 9.62 Å². The number of carbonyl (C=O) groups excluding carboxylic acids is 1. The molecule has 1 amide bonds. The van der Waals surface area contributed by atoms with Crippen molar-refractivity contribution in [2.24, 2.45) is 0 Å². The lowest BCUT2D eigenvalue weighted by Crippen LogP contribution is -2.38. The van der Waals surface area contributed by atoms with E-state index in [1.165, 1.54) is 4.31 Å². The van der Waals surface area contributed by atoms with E-state index in [1.54, 1.807) is 30.3 Å². The van der Waals surface area contributed by atoms with Crippen LogP contribution >= 0.6 is 0 Å². The van der Waals surface area contributed by atoms with Crippen LogP contribution in [0.4, 0.5) is 11.4 Å². The van der Waals surface area contributed by atoms with E-state index in [2.05, 4.69) is 28.9 Å². The van der Waals surface area contributed by atoms with E-state index in [1.807, 2.05) is 63.2 Å². The Kier molecular flexibility index (Phi) is 6.71. The van der Waals surface area contributed by atoms with Crippen molar-refractivity contribution < 1.29 is 13.2 Å². The van der Waals surface area contributed by atoms with Gasteiger partial charge in [0.2, 0.25) is 5.91 Å². The van der Waals surface area contributed by atoms with Crippen LogP contribution in [0.5, 0.6) is 0 Å². The highest BCUT2D eigenvalue weighted by Crippen LogP contribution is 2.32. The smallest absolute Gasteiger partial charge is 0.264 e. The molecule has 0 aliphatic carbocycles. The number of amides is 1. The minimum absolute atomic E-state index is 0.144. The zero-order valence-electron chi connectivity index (χ0n) is 22.0. The van der Waals surface area contributed by atoms with Crippen LogP contribution in [-0.4, -0.2) is 25.4 Å². The fourth-order valence-corrected chi connectivity index (χ4v) is 6.42. The van der Waals surface area contributed by atoms with Gasteiger partial charge in [0, 0.05) is 34.0 Å². The second-order valence-corrected chi connectivity index (χ2v) is 11.4. The average molecular weight is 526 g/mol. The molecule has 0 radical (unpaired) electrons. The zero-order valence-corrected chi connectivity index (χ0v) is 22.8. The van der Waals surface area contributed by atoms with Gasteiger partial charge in [0.1, 0.15) is 6.54 Å². The number of benzene rings is 4. The lowest BCUT2D eigenvalue weighted by molar-refractivity contribution is -0.114. The second-order valence-electron chi connectivity index (χ2n) is 9.59. The first-order chi connectivity index (χ1) is 18.2. The van der Waals surface area contributed by atoms with Gasteiger partial charge in [-0.3, -0.25) is 9.10 Å². The third kappa shape index (κ3) is 4.54. The summed E-state index contributed by atoms with van der Waals surface area (Å²) in [5.41, 5.74) is 6.05. The molecule has 6 nitrogen and oxygen atoms in total. The molecule has 0 spiro atoms. The number of rotatable bonds is 7. The van der Waals surface area contributed by atoms with Gasteiger partial charge in [0.25, 0.3) is 10.0 Å². The van der Waals surface area contributed by atoms with Crippen molar-refractivity contribution in [2.75, 3.05) is 16.2 Å². The molecule has 0 aliphatic heterocycles. The molecular formula is C31H31N3O3S. The number of aryl methyl sites for hydroxylation is 3. The van der Waals surface area contributed by atoms with Gasteiger partial charge >= 0.3 is 0 Å². The van der Waals surface area contributed by atoms with Gasteiger partial charge in [-0.05, 0) is 81.3 Å². The van der Waals surface area contributed by atoms with E-state index in [-0.39, 0.29) is 11.4 Å². The summed E-state index contributed by atoms with van der Waals surface area (Å²) in [5.74, 6) is -0.417. The minimum Gasteiger partial charge on any atom is -0.341 e. The number of anilines is 2. The lowest BCUT2D eigenvalue weighted by Gasteiger charge is -2.26. The molecular weight excluding hydrogens is 494 g/mol. The Morgan fingerprint density at radius 2 is 1.55 bits per heavy atom. The fourth-order valence-electron chi connectivity index (χ4n) is 4.95. The van der Waals surface area contributed by atoms with Crippen LogP contribution in [0.3, 0.4) is 0 Å². The van der Waals surface area contributed by atoms with Crippen LogP contribution in [0.15, 0.2) is 89.8 Å². The molecule has 0 saturated carbocycles. The molecule has 5 aromatic rings. The average Bonchev–Trinajstić information content (AvgIpc) is 3.22. The number of carbonyl (C=O) groups is 1. The number of aromatic nitrogens is 1. The molecule has 0 atom stereocenters. The highest BCUT2D eigenvalue weighted by atomic mass is 32.2. The Morgan fingerprint density at radius 1 is 0.842 bits per heavy atom. The summed E-state index contributed by atoms with van der Waals surface area (Å²) in [4.78, 5) is 13.5. The number of nitrogens with one attached hydrogen (secondary N) is 1. The maximum atomic E-state index is 13.8. The van der Waals surface area contributed by atoms with Crippen molar-refractivity contribution in [3.05, 3.63) is 102 Å². The summed E-state index contributed by atoms with van der Waals surface area (Å²) in [6.45, 7) is 8.29. The van der Waals surface area contributed by atoms with Crippen molar-refractivity contribution in [3.8, 4) is 0 Å². The van der Waals surface area contributed by atoms with Gasteiger partial charge in [-0.2, -0.15) is 0 Å². The van der Waals surface area contributed by atoms with Gasteiger partial charge < -0.3 is 9.88 Å². The number of sulfonamides is 1. The number of fused-ring (bicyclic) bond motifs is 3. The fraction of sp³-hybridized carbons (Fsp3) is 0.194. The quantitative estimate of drug-likeness (QED) is 0.261. The monoisotopic (exact) mass is 525 g/mol. The van der Waals surface area contributed by atoms with E-state index in [0.29, 0.717) is 11.4 Å². The molecule has 0 saturated heterocycles. The molecule has 0 unspecified atom stereocenters. The molecule has 4 aromatic carbocycles. The third-order valence-electron chi connectivity index (χ3n) is 7.11. The summed E-state index contributed by atoms with van der Waals surface area (Å²) in [7, 11) is -3.99. The summed E-state index contributed by atoms with van der Waals surface area (Å²) in [6.07, 6.45) is 0. The Morgan fingerprint density at radius 3 is 2.29 bits per heavy atom. The second kappa shape index (κ2) is 9.99. The normalized spacial score (nSPS) is 11.7. The van der Waals surface area contributed by atoms with E-state index in [9.17, 15) is 13.2 Å². The van der Waals surface area contributed by atoms with Gasteiger partial charge in [-0.1, -0.05) is 48.0 Å². The first-order valence-electron chi connectivity index (χ1n) is 12.7. The number of hydrogen-bond donors (Lipinski definition) is 1. The molecule has 38 heavy (non-hydrogen) atoms. The Labute approximate surface area is 223 Å². The molecule has 1 aromatic heterocycles. The Bertz CT molecular complexity index is 1770. The first kappa shape index (κ1) is 25.5. The standard InChI is InChI=1S/C31H31N3O3S/c1-5-33-29-11-7-6-10-26(29)27-19-24(15-18-30(27)33)32-31(35)20-34(28-12-8-9-22(3)23(28)4)38(36,37)25-16-13-21(2)14-17-25/h6-19H,5,20H2,1-4H3,(H,32,35).